The van der Waals surface area contributed by atoms with Gasteiger partial charge in [-0.2, -0.15) is 0 Å². The summed E-state index contributed by atoms with van der Waals surface area (Å²) >= 11 is 21.4. The van der Waals surface area contributed by atoms with Crippen molar-refractivity contribution >= 4 is 97.7 Å². The van der Waals surface area contributed by atoms with Gasteiger partial charge < -0.3 is 19.7 Å². The topological polar surface area (TPSA) is 97.8 Å². The molecule has 0 bridgehead atoms. The molecule has 2 aromatic carbocycles. The van der Waals surface area contributed by atoms with Crippen molar-refractivity contribution in [1.29, 1.82) is 0 Å². The molecule has 198 valence electrons. The quantitative estimate of drug-likeness (QED) is 0.211. The summed E-state index contributed by atoms with van der Waals surface area (Å²) in [7, 11) is 0. The van der Waals surface area contributed by atoms with Crippen molar-refractivity contribution in [1.82, 2.24) is 15.2 Å². The Balaban J connectivity index is 1.31. The molecule has 0 radical (unpaired) electrons. The molecule has 3 atom stereocenters. The highest BCUT2D eigenvalue weighted by Crippen LogP contribution is 2.46. The number of aromatic nitrogens is 1. The van der Waals surface area contributed by atoms with Crippen LogP contribution >= 0.6 is 69.7 Å². The van der Waals surface area contributed by atoms with Crippen LogP contribution in [0.25, 0.3) is 10.2 Å². The Bertz CT molecular complexity index is 1370. The van der Waals surface area contributed by atoms with E-state index in [1.165, 1.54) is 39.8 Å². The van der Waals surface area contributed by atoms with Crippen molar-refractivity contribution in [3.05, 3.63) is 64.9 Å². The number of hydrogen-bond acceptors (Lipinski definition) is 9. The zero-order valence-electron chi connectivity index (χ0n) is 19.2. The molecule has 5 rings (SSSR count). The predicted molar refractivity (Wildman–Crippen MR) is 151 cm³/mol. The zero-order valence-corrected chi connectivity index (χ0v) is 23.9. The van der Waals surface area contributed by atoms with Crippen molar-refractivity contribution < 1.29 is 23.9 Å². The molecule has 8 nitrogen and oxygen atoms in total. The van der Waals surface area contributed by atoms with Crippen LogP contribution in [0, 0.1) is 0 Å². The number of thioether (sulfide) groups is 2. The Kier molecular flexibility index (Phi) is 8.32. The van der Waals surface area contributed by atoms with E-state index in [2.05, 4.69) is 10.3 Å². The molecule has 1 N–H and O–H groups in total. The molecule has 14 heteroatoms. The Morgan fingerprint density at radius 2 is 1.84 bits per heavy atom. The molecule has 1 saturated heterocycles. The number of para-hydroxylation sites is 2. The fraction of sp³-hybridized carbons (Fsp3) is 0.250. The number of amides is 2. The number of hydrogen-bond donors (Lipinski definition) is 1. The van der Waals surface area contributed by atoms with Crippen LogP contribution in [0.5, 0.6) is 5.75 Å². The summed E-state index contributed by atoms with van der Waals surface area (Å²) in [6.45, 7) is -0.739. The summed E-state index contributed by atoms with van der Waals surface area (Å²) in [6.07, 6.45) is 0. The fourth-order valence-electron chi connectivity index (χ4n) is 3.79. The van der Waals surface area contributed by atoms with Crippen LogP contribution in [0.2, 0.25) is 0 Å². The first kappa shape index (κ1) is 27.4. The molecule has 1 fully saturated rings. The number of nitrogens with zero attached hydrogens (tertiary/aromatic N) is 2. The molecular weight excluding hydrogens is 613 g/mol. The summed E-state index contributed by atoms with van der Waals surface area (Å²) < 4.78 is 10.6. The fourth-order valence-corrected chi connectivity index (χ4v) is 7.51. The highest BCUT2D eigenvalue weighted by Gasteiger charge is 2.56. The zero-order chi connectivity index (χ0) is 26.9. The van der Waals surface area contributed by atoms with Gasteiger partial charge >= 0.3 is 5.97 Å². The minimum Gasteiger partial charge on any atom is -0.484 e. The highest BCUT2D eigenvalue weighted by atomic mass is 35.6. The monoisotopic (exact) mass is 629 g/mol. The summed E-state index contributed by atoms with van der Waals surface area (Å²) in [4.78, 5) is 45.4. The molecule has 1 aromatic heterocycles. The second-order valence-electron chi connectivity index (χ2n) is 8.11. The second kappa shape index (κ2) is 11.5. The Morgan fingerprint density at radius 3 is 2.58 bits per heavy atom. The summed E-state index contributed by atoms with van der Waals surface area (Å²) in [5.74, 6) is -1.09. The van der Waals surface area contributed by atoms with Crippen molar-refractivity contribution in [2.24, 2.45) is 0 Å². The van der Waals surface area contributed by atoms with Gasteiger partial charge in [-0.15, -0.1) is 23.1 Å². The van der Waals surface area contributed by atoms with Crippen LogP contribution in [-0.4, -0.2) is 62.1 Å². The second-order valence-corrected chi connectivity index (χ2v) is 14.0. The molecule has 0 spiro atoms. The number of carbonyl (C=O) groups is 3. The van der Waals surface area contributed by atoms with Crippen LogP contribution in [0.15, 0.2) is 69.3 Å². The molecule has 2 aliphatic heterocycles. The van der Waals surface area contributed by atoms with Gasteiger partial charge in [-0.05, 0) is 29.7 Å². The van der Waals surface area contributed by atoms with E-state index in [4.69, 9.17) is 44.3 Å². The van der Waals surface area contributed by atoms with Crippen molar-refractivity contribution in [3.8, 4) is 5.75 Å². The van der Waals surface area contributed by atoms with Crippen LogP contribution in [0.3, 0.4) is 0 Å². The molecule has 2 amide bonds. The number of carbonyl (C=O) groups excluding carboxylic acids is 3. The van der Waals surface area contributed by atoms with Gasteiger partial charge in [0.25, 0.3) is 5.91 Å². The third-order valence-corrected chi connectivity index (χ3v) is 9.28. The van der Waals surface area contributed by atoms with E-state index < -0.39 is 45.6 Å². The van der Waals surface area contributed by atoms with Gasteiger partial charge in [0.05, 0.1) is 10.2 Å². The number of nitrogens with one attached hydrogen (secondary N) is 1. The molecular formula is C24H18Cl3N3O5S3. The third kappa shape index (κ3) is 6.19. The van der Waals surface area contributed by atoms with Crippen LogP contribution in [0.4, 0.5) is 0 Å². The van der Waals surface area contributed by atoms with Gasteiger partial charge in [0.2, 0.25) is 9.70 Å². The first-order valence-electron chi connectivity index (χ1n) is 11.1. The molecule has 3 heterocycles. The largest absolute Gasteiger partial charge is 0.484 e. The Labute approximate surface area is 245 Å². The van der Waals surface area contributed by atoms with E-state index in [-0.39, 0.29) is 6.61 Å². The number of ether oxygens (including phenoxy) is 2. The number of benzene rings is 2. The van der Waals surface area contributed by atoms with E-state index in [1.54, 1.807) is 29.7 Å². The lowest BCUT2D eigenvalue weighted by atomic mass is 10.0. The number of esters is 1. The highest BCUT2D eigenvalue weighted by molar-refractivity contribution is 8.07. The average molecular weight is 631 g/mol. The summed E-state index contributed by atoms with van der Waals surface area (Å²) in [5.41, 5.74) is 0.831. The maximum atomic E-state index is 13.2. The van der Waals surface area contributed by atoms with Crippen molar-refractivity contribution in [2.45, 2.75) is 25.6 Å². The minimum absolute atomic E-state index is 0.256. The van der Waals surface area contributed by atoms with E-state index in [1.807, 2.05) is 30.3 Å². The van der Waals surface area contributed by atoms with Crippen LogP contribution in [-0.2, 0) is 19.1 Å². The lowest BCUT2D eigenvalue weighted by molar-refractivity contribution is -0.162. The van der Waals surface area contributed by atoms with E-state index >= 15 is 0 Å². The lowest BCUT2D eigenvalue weighted by Crippen LogP contribution is -2.74. The number of alkyl halides is 3. The van der Waals surface area contributed by atoms with Crippen LogP contribution in [0.1, 0.15) is 0 Å². The molecule has 3 aromatic rings. The number of β-lactam (4-membered cyclic amide) rings is 1. The van der Waals surface area contributed by atoms with E-state index in [0.29, 0.717) is 15.0 Å². The van der Waals surface area contributed by atoms with Gasteiger partial charge in [0, 0.05) is 4.91 Å². The third-order valence-electron chi connectivity index (χ3n) is 5.46. The van der Waals surface area contributed by atoms with E-state index in [9.17, 15) is 14.4 Å². The van der Waals surface area contributed by atoms with Gasteiger partial charge in [0.1, 0.15) is 23.8 Å². The maximum Gasteiger partial charge on any atom is 0.334 e. The van der Waals surface area contributed by atoms with Crippen LogP contribution < -0.4 is 10.1 Å². The average Bonchev–Trinajstić information content (AvgIpc) is 3.31. The first-order chi connectivity index (χ1) is 18.2. The number of halogens is 3. The molecule has 0 saturated carbocycles. The van der Waals surface area contributed by atoms with Gasteiger partial charge in [0.15, 0.2) is 17.0 Å². The predicted octanol–water partition coefficient (Wildman–Crippen LogP) is 4.99. The first-order valence-corrected chi connectivity index (χ1v) is 14.8. The van der Waals surface area contributed by atoms with Crippen molar-refractivity contribution in [2.75, 3.05) is 13.2 Å². The number of thiazole rings is 1. The smallest absolute Gasteiger partial charge is 0.334 e. The summed E-state index contributed by atoms with van der Waals surface area (Å²) in [5, 5.41) is 3.96. The van der Waals surface area contributed by atoms with Gasteiger partial charge in [-0.1, -0.05) is 76.9 Å². The maximum absolute atomic E-state index is 13.2. The normalized spacial score (nSPS) is 20.8. The standard InChI is InChI=1S/C24H18Cl3N3O5S3/c25-24(26,27)12-35-22(33)19-16(38-23-28-14-8-4-5-9-15(14)37-23)11-36-21-18(20(32)30(19)21)29-17(31)10-34-13-6-2-1-3-7-13/h1-9,11,18-19,21H,10,12H2,(H,29,31)/t18?,19?,21-/m1/s1. The van der Waals surface area contributed by atoms with Crippen molar-refractivity contribution in [3.63, 3.8) is 0 Å². The number of fused-ring (bicyclic) bond motifs is 2. The van der Waals surface area contributed by atoms with Gasteiger partial charge in [-0.3, -0.25) is 9.59 Å². The number of rotatable bonds is 8. The summed E-state index contributed by atoms with van der Waals surface area (Å²) in [6, 6.07) is 14.6. The lowest BCUT2D eigenvalue weighted by Gasteiger charge is -2.51. The Hall–Kier alpha value is -2.15. The minimum atomic E-state index is -1.81. The molecule has 0 aliphatic carbocycles. The molecule has 38 heavy (non-hydrogen) atoms. The SMILES string of the molecule is O=C(COc1ccccc1)NC1C(=O)N2C(C(=O)OCC(Cl)(Cl)Cl)C(Sc3nc4ccccc4s3)=CS[C@H]12. The molecule has 2 unspecified atom stereocenters. The van der Waals surface area contributed by atoms with Gasteiger partial charge in [-0.25, -0.2) is 9.78 Å². The van der Waals surface area contributed by atoms with E-state index in [0.717, 1.165) is 10.2 Å². The Morgan fingerprint density at radius 1 is 1.11 bits per heavy atom. The molecule has 2 aliphatic rings.